The van der Waals surface area contributed by atoms with E-state index in [4.69, 9.17) is 10.5 Å². The van der Waals surface area contributed by atoms with Crippen LogP contribution in [0.25, 0.3) is 0 Å². The third-order valence-corrected chi connectivity index (χ3v) is 4.43. The molecule has 0 aromatic heterocycles. The third kappa shape index (κ3) is 4.58. The van der Waals surface area contributed by atoms with E-state index in [2.05, 4.69) is 4.72 Å². The lowest BCUT2D eigenvalue weighted by molar-refractivity contribution is 0.171. The van der Waals surface area contributed by atoms with Crippen LogP contribution in [0, 0.1) is 0 Å². The predicted molar refractivity (Wildman–Crippen MR) is 75.2 cm³/mol. The van der Waals surface area contributed by atoms with Crippen molar-refractivity contribution in [1.82, 2.24) is 4.72 Å². The van der Waals surface area contributed by atoms with Gasteiger partial charge in [0, 0.05) is 19.7 Å². The van der Waals surface area contributed by atoms with Gasteiger partial charge in [0.1, 0.15) is 0 Å². The van der Waals surface area contributed by atoms with E-state index in [-0.39, 0.29) is 17.5 Å². The number of hydrogen-bond donors (Lipinski definition) is 2. The fraction of sp³-hybridized carbons (Fsp3) is 0.538. The molecular formula is C13H22N2O3S. The molecule has 1 rings (SSSR count). The van der Waals surface area contributed by atoms with Crippen LogP contribution in [0.3, 0.4) is 0 Å². The highest BCUT2D eigenvalue weighted by molar-refractivity contribution is 7.89. The van der Waals surface area contributed by atoms with Crippen molar-refractivity contribution in [2.45, 2.75) is 37.2 Å². The van der Waals surface area contributed by atoms with Crippen LogP contribution >= 0.6 is 0 Å². The molecule has 108 valence electrons. The van der Waals surface area contributed by atoms with Gasteiger partial charge < -0.3 is 10.5 Å². The molecule has 0 heterocycles. The van der Waals surface area contributed by atoms with Crippen molar-refractivity contribution in [3.8, 4) is 0 Å². The Morgan fingerprint density at radius 2 is 2.05 bits per heavy atom. The summed E-state index contributed by atoms with van der Waals surface area (Å²) in [6.45, 7) is 2.56. The van der Waals surface area contributed by atoms with Gasteiger partial charge in [-0.3, -0.25) is 0 Å². The van der Waals surface area contributed by atoms with Gasteiger partial charge in [0.2, 0.25) is 10.0 Å². The standard InChI is InChI=1S/C13H22N2O3S/c1-3-6-12(10-18-2)15-19(16,17)13-8-5-4-7-11(13)9-14/h4-5,7-8,12,15H,3,6,9-10,14H2,1-2H3. The average molecular weight is 286 g/mol. The highest BCUT2D eigenvalue weighted by Crippen LogP contribution is 2.15. The molecule has 0 bridgehead atoms. The van der Waals surface area contributed by atoms with Gasteiger partial charge in [-0.2, -0.15) is 0 Å². The molecule has 0 amide bonds. The number of benzene rings is 1. The molecule has 0 radical (unpaired) electrons. The van der Waals surface area contributed by atoms with E-state index in [1.54, 1.807) is 31.4 Å². The minimum atomic E-state index is -3.56. The maximum atomic E-state index is 12.3. The number of hydrogen-bond acceptors (Lipinski definition) is 4. The summed E-state index contributed by atoms with van der Waals surface area (Å²) < 4.78 is 32.4. The quantitative estimate of drug-likeness (QED) is 0.753. The lowest BCUT2D eigenvalue weighted by atomic mass is 10.2. The van der Waals surface area contributed by atoms with Crippen LogP contribution in [0.5, 0.6) is 0 Å². The average Bonchev–Trinajstić information content (AvgIpc) is 2.39. The SMILES string of the molecule is CCCC(COC)NS(=O)(=O)c1ccccc1CN. The molecule has 0 aliphatic rings. The molecule has 0 saturated carbocycles. The van der Waals surface area contributed by atoms with Gasteiger partial charge in [0.15, 0.2) is 0 Å². The molecular weight excluding hydrogens is 264 g/mol. The summed E-state index contributed by atoms with van der Waals surface area (Å²) in [6, 6.07) is 6.55. The molecule has 0 aliphatic heterocycles. The minimum Gasteiger partial charge on any atom is -0.383 e. The second-order valence-corrected chi connectivity index (χ2v) is 6.06. The summed E-state index contributed by atoms with van der Waals surface area (Å²) in [7, 11) is -2.00. The predicted octanol–water partition coefficient (Wildman–Crippen LogP) is 1.24. The Hall–Kier alpha value is -0.950. The first-order chi connectivity index (χ1) is 9.05. The van der Waals surface area contributed by atoms with Gasteiger partial charge in [0.05, 0.1) is 11.5 Å². The van der Waals surface area contributed by atoms with Crippen molar-refractivity contribution in [2.75, 3.05) is 13.7 Å². The van der Waals surface area contributed by atoms with Crippen LogP contribution in [0.4, 0.5) is 0 Å². The highest BCUT2D eigenvalue weighted by Gasteiger charge is 2.21. The van der Waals surface area contributed by atoms with Crippen molar-refractivity contribution < 1.29 is 13.2 Å². The summed E-state index contributed by atoms with van der Waals surface area (Å²) >= 11 is 0. The Morgan fingerprint density at radius 1 is 1.37 bits per heavy atom. The number of rotatable bonds is 8. The lowest BCUT2D eigenvalue weighted by Gasteiger charge is -2.18. The fourth-order valence-corrected chi connectivity index (χ4v) is 3.45. The molecule has 1 unspecified atom stereocenters. The minimum absolute atomic E-state index is 0.194. The fourth-order valence-electron chi connectivity index (χ4n) is 1.94. The Kier molecular flexibility index (Phi) is 6.44. The maximum absolute atomic E-state index is 12.3. The molecule has 0 spiro atoms. The summed E-state index contributed by atoms with van der Waals surface area (Å²) in [4.78, 5) is 0.245. The molecule has 19 heavy (non-hydrogen) atoms. The zero-order valence-electron chi connectivity index (χ0n) is 11.4. The Bertz CT molecular complexity index is 482. The molecule has 0 fully saturated rings. The van der Waals surface area contributed by atoms with Gasteiger partial charge >= 0.3 is 0 Å². The van der Waals surface area contributed by atoms with Crippen LogP contribution in [0.1, 0.15) is 25.3 Å². The van der Waals surface area contributed by atoms with E-state index in [0.717, 1.165) is 12.8 Å². The zero-order chi connectivity index (χ0) is 14.3. The van der Waals surface area contributed by atoms with Crippen molar-refractivity contribution >= 4 is 10.0 Å². The lowest BCUT2D eigenvalue weighted by Crippen LogP contribution is -2.38. The van der Waals surface area contributed by atoms with E-state index in [9.17, 15) is 8.42 Å². The van der Waals surface area contributed by atoms with E-state index < -0.39 is 10.0 Å². The van der Waals surface area contributed by atoms with Crippen molar-refractivity contribution in [3.63, 3.8) is 0 Å². The van der Waals surface area contributed by atoms with Crippen LogP contribution in [0.2, 0.25) is 0 Å². The normalized spacial score (nSPS) is 13.4. The Morgan fingerprint density at radius 3 is 2.63 bits per heavy atom. The molecule has 1 aromatic rings. The molecule has 1 aromatic carbocycles. The van der Waals surface area contributed by atoms with Crippen molar-refractivity contribution in [2.24, 2.45) is 5.73 Å². The van der Waals surface area contributed by atoms with E-state index >= 15 is 0 Å². The second-order valence-electron chi connectivity index (χ2n) is 4.37. The molecule has 3 N–H and O–H groups in total. The van der Waals surface area contributed by atoms with Crippen molar-refractivity contribution in [1.29, 1.82) is 0 Å². The molecule has 0 saturated heterocycles. The van der Waals surface area contributed by atoms with Gasteiger partial charge in [0.25, 0.3) is 0 Å². The highest BCUT2D eigenvalue weighted by atomic mass is 32.2. The zero-order valence-corrected chi connectivity index (χ0v) is 12.2. The first-order valence-electron chi connectivity index (χ1n) is 6.34. The summed E-state index contributed by atoms with van der Waals surface area (Å²) in [5.41, 5.74) is 6.19. The van der Waals surface area contributed by atoms with E-state index in [0.29, 0.717) is 12.2 Å². The number of nitrogens with one attached hydrogen (secondary N) is 1. The third-order valence-electron chi connectivity index (χ3n) is 2.81. The van der Waals surface area contributed by atoms with Crippen LogP contribution in [-0.4, -0.2) is 28.2 Å². The monoisotopic (exact) mass is 286 g/mol. The van der Waals surface area contributed by atoms with Gasteiger partial charge in [-0.25, -0.2) is 13.1 Å². The van der Waals surface area contributed by atoms with Crippen LogP contribution in [-0.2, 0) is 21.3 Å². The smallest absolute Gasteiger partial charge is 0.241 e. The maximum Gasteiger partial charge on any atom is 0.241 e. The molecule has 5 nitrogen and oxygen atoms in total. The Labute approximate surface area is 115 Å². The molecule has 6 heteroatoms. The molecule has 0 aliphatic carbocycles. The summed E-state index contributed by atoms with van der Waals surface area (Å²) in [5.74, 6) is 0. The number of sulfonamides is 1. The first-order valence-corrected chi connectivity index (χ1v) is 7.82. The largest absolute Gasteiger partial charge is 0.383 e. The first kappa shape index (κ1) is 16.1. The van der Waals surface area contributed by atoms with Gasteiger partial charge in [-0.05, 0) is 18.1 Å². The number of methoxy groups -OCH3 is 1. The molecule has 1 atom stereocenters. The second kappa shape index (κ2) is 7.59. The van der Waals surface area contributed by atoms with Gasteiger partial charge in [-0.15, -0.1) is 0 Å². The van der Waals surface area contributed by atoms with Crippen LogP contribution in [0.15, 0.2) is 29.2 Å². The number of nitrogens with two attached hydrogens (primary N) is 1. The number of ether oxygens (including phenoxy) is 1. The topological polar surface area (TPSA) is 81.4 Å². The van der Waals surface area contributed by atoms with Crippen molar-refractivity contribution in [3.05, 3.63) is 29.8 Å². The van der Waals surface area contributed by atoms with E-state index in [1.807, 2.05) is 6.92 Å². The van der Waals surface area contributed by atoms with Crippen LogP contribution < -0.4 is 10.5 Å². The van der Waals surface area contributed by atoms with Gasteiger partial charge in [-0.1, -0.05) is 31.5 Å². The Balaban J connectivity index is 2.96. The summed E-state index contributed by atoms with van der Waals surface area (Å²) in [5, 5.41) is 0. The van der Waals surface area contributed by atoms with E-state index in [1.165, 1.54) is 0 Å². The summed E-state index contributed by atoms with van der Waals surface area (Å²) in [6.07, 6.45) is 1.62.